The highest BCUT2D eigenvalue weighted by Crippen LogP contribution is 2.26. The zero-order valence-corrected chi connectivity index (χ0v) is 20.9. The van der Waals surface area contributed by atoms with Crippen LogP contribution in [0.2, 0.25) is 0 Å². The molecule has 4 rings (SSSR count). The number of fused-ring (bicyclic) bond motifs is 1. The van der Waals surface area contributed by atoms with E-state index in [0.29, 0.717) is 43.2 Å². The molecule has 0 aliphatic carbocycles. The maximum atomic E-state index is 12.9. The van der Waals surface area contributed by atoms with Crippen LogP contribution in [0.3, 0.4) is 0 Å². The Morgan fingerprint density at radius 2 is 1.54 bits per heavy atom. The van der Waals surface area contributed by atoms with E-state index >= 15 is 0 Å². The number of rotatable bonds is 7. The van der Waals surface area contributed by atoms with Gasteiger partial charge in [-0.3, -0.25) is 19.3 Å². The van der Waals surface area contributed by atoms with Crippen molar-refractivity contribution in [2.24, 2.45) is 5.92 Å². The monoisotopic (exact) mass is 497 g/mol. The Bertz CT molecular complexity index is 1230. The number of anilines is 1. The van der Waals surface area contributed by atoms with Gasteiger partial charge in [0.1, 0.15) is 0 Å². The zero-order valence-electron chi connectivity index (χ0n) is 20.1. The fourth-order valence-electron chi connectivity index (χ4n) is 4.37. The van der Waals surface area contributed by atoms with Gasteiger partial charge in [-0.2, -0.15) is 4.31 Å². The Morgan fingerprint density at radius 1 is 0.914 bits per heavy atom. The lowest BCUT2D eigenvalue weighted by molar-refractivity contribution is 0.0647. The first-order valence-corrected chi connectivity index (χ1v) is 13.5. The summed E-state index contributed by atoms with van der Waals surface area (Å²) in [5.74, 6) is -0.814. The first-order valence-electron chi connectivity index (χ1n) is 12.1. The van der Waals surface area contributed by atoms with Crippen molar-refractivity contribution in [1.29, 1.82) is 0 Å². The lowest BCUT2D eigenvalue weighted by atomic mass is 10.1. The molecule has 3 amide bonds. The van der Waals surface area contributed by atoms with Crippen LogP contribution in [0.4, 0.5) is 5.69 Å². The van der Waals surface area contributed by atoms with Crippen molar-refractivity contribution in [3.8, 4) is 0 Å². The third-order valence-electron chi connectivity index (χ3n) is 6.48. The highest BCUT2D eigenvalue weighted by Gasteiger charge is 2.35. The number of hydrogen-bond donors (Lipinski definition) is 1. The summed E-state index contributed by atoms with van der Waals surface area (Å²) < 4.78 is 27.4. The summed E-state index contributed by atoms with van der Waals surface area (Å²) in [5, 5.41) is 2.74. The van der Waals surface area contributed by atoms with Crippen LogP contribution in [0.15, 0.2) is 47.4 Å². The van der Waals surface area contributed by atoms with Crippen molar-refractivity contribution in [2.45, 2.75) is 50.8 Å². The summed E-state index contributed by atoms with van der Waals surface area (Å²) in [6.07, 6.45) is 4.50. The van der Waals surface area contributed by atoms with Crippen LogP contribution in [-0.2, 0) is 10.0 Å². The second-order valence-corrected chi connectivity index (χ2v) is 11.4. The van der Waals surface area contributed by atoms with Crippen molar-refractivity contribution >= 4 is 33.4 Å². The van der Waals surface area contributed by atoms with E-state index in [9.17, 15) is 22.8 Å². The van der Waals surface area contributed by atoms with Crippen LogP contribution in [-0.4, -0.2) is 55.0 Å². The van der Waals surface area contributed by atoms with E-state index in [4.69, 9.17) is 0 Å². The topological polar surface area (TPSA) is 104 Å². The molecule has 1 fully saturated rings. The average molecular weight is 498 g/mol. The third-order valence-corrected chi connectivity index (χ3v) is 8.39. The molecule has 0 bridgehead atoms. The number of hydrogen-bond acceptors (Lipinski definition) is 5. The lowest BCUT2D eigenvalue weighted by Crippen LogP contribution is -2.31. The number of nitrogens with zero attached hydrogens (tertiary/aromatic N) is 2. The number of sulfonamides is 1. The standard InChI is InChI=1S/C26H31N3O5S/c1-18(2)13-16-29-25(31)22-12-7-19(17-23(22)26(29)32)24(30)27-20-8-10-21(11-9-20)35(33,34)28-14-5-3-4-6-15-28/h7-12,17-18H,3-6,13-16H2,1-2H3,(H,27,30). The van der Waals surface area contributed by atoms with Gasteiger partial charge in [0, 0.05) is 30.9 Å². The predicted molar refractivity (Wildman–Crippen MR) is 133 cm³/mol. The smallest absolute Gasteiger partial charge is 0.261 e. The molecule has 2 aromatic rings. The van der Waals surface area contributed by atoms with Gasteiger partial charge in [-0.05, 0) is 67.6 Å². The Labute approximate surface area is 206 Å². The van der Waals surface area contributed by atoms with Gasteiger partial charge in [-0.25, -0.2) is 8.42 Å². The summed E-state index contributed by atoms with van der Waals surface area (Å²) in [5.41, 5.74) is 1.21. The Morgan fingerprint density at radius 3 is 2.17 bits per heavy atom. The summed E-state index contributed by atoms with van der Waals surface area (Å²) in [4.78, 5) is 39.6. The van der Waals surface area contributed by atoms with Crippen molar-refractivity contribution in [3.63, 3.8) is 0 Å². The van der Waals surface area contributed by atoms with Crippen LogP contribution >= 0.6 is 0 Å². The average Bonchev–Trinajstić information content (AvgIpc) is 3.01. The molecule has 1 saturated heterocycles. The second-order valence-electron chi connectivity index (χ2n) is 9.50. The Hall–Kier alpha value is -3.04. The fraction of sp³-hybridized carbons (Fsp3) is 0.423. The number of carbonyl (C=O) groups is 3. The van der Waals surface area contributed by atoms with Crippen LogP contribution in [0.25, 0.3) is 0 Å². The molecule has 0 unspecified atom stereocenters. The van der Waals surface area contributed by atoms with E-state index in [0.717, 1.165) is 25.7 Å². The third kappa shape index (κ3) is 5.31. The summed E-state index contributed by atoms with van der Waals surface area (Å²) in [6.45, 7) is 5.44. The van der Waals surface area contributed by atoms with Crippen molar-refractivity contribution in [1.82, 2.24) is 9.21 Å². The molecule has 35 heavy (non-hydrogen) atoms. The van der Waals surface area contributed by atoms with E-state index in [1.54, 1.807) is 12.1 Å². The minimum absolute atomic E-state index is 0.195. The summed E-state index contributed by atoms with van der Waals surface area (Å²) in [6, 6.07) is 10.6. The molecule has 8 nitrogen and oxygen atoms in total. The highest BCUT2D eigenvalue weighted by atomic mass is 32.2. The normalized spacial score (nSPS) is 16.9. The number of carbonyl (C=O) groups excluding carboxylic acids is 3. The Balaban J connectivity index is 1.46. The summed E-state index contributed by atoms with van der Waals surface area (Å²) >= 11 is 0. The molecular weight excluding hydrogens is 466 g/mol. The molecule has 0 spiro atoms. The molecule has 9 heteroatoms. The molecule has 2 aromatic carbocycles. The van der Waals surface area contributed by atoms with E-state index in [1.807, 2.05) is 13.8 Å². The zero-order chi connectivity index (χ0) is 25.2. The molecule has 2 aliphatic heterocycles. The second kappa shape index (κ2) is 10.3. The number of benzene rings is 2. The quantitative estimate of drug-likeness (QED) is 0.579. The van der Waals surface area contributed by atoms with E-state index in [2.05, 4.69) is 5.32 Å². The van der Waals surface area contributed by atoms with Gasteiger partial charge in [-0.1, -0.05) is 26.7 Å². The van der Waals surface area contributed by atoms with E-state index < -0.39 is 15.9 Å². The van der Waals surface area contributed by atoms with E-state index in [-0.39, 0.29) is 27.8 Å². The molecule has 0 saturated carbocycles. The number of amides is 3. The van der Waals surface area contributed by atoms with Crippen molar-refractivity contribution < 1.29 is 22.8 Å². The minimum atomic E-state index is -3.57. The first-order chi connectivity index (χ1) is 16.7. The largest absolute Gasteiger partial charge is 0.322 e. The van der Waals surface area contributed by atoms with Gasteiger partial charge < -0.3 is 5.32 Å². The van der Waals surface area contributed by atoms with Gasteiger partial charge in [0.2, 0.25) is 10.0 Å². The van der Waals surface area contributed by atoms with Crippen molar-refractivity contribution in [2.75, 3.05) is 25.0 Å². The minimum Gasteiger partial charge on any atom is -0.322 e. The number of imide groups is 1. The molecule has 0 aromatic heterocycles. The summed E-state index contributed by atoms with van der Waals surface area (Å²) in [7, 11) is -3.57. The van der Waals surface area contributed by atoms with Gasteiger partial charge in [0.05, 0.1) is 16.0 Å². The van der Waals surface area contributed by atoms with Crippen LogP contribution < -0.4 is 5.32 Å². The highest BCUT2D eigenvalue weighted by molar-refractivity contribution is 7.89. The first kappa shape index (κ1) is 25.1. The van der Waals surface area contributed by atoms with Gasteiger partial charge in [0.15, 0.2) is 0 Å². The molecule has 2 aliphatic rings. The fourth-order valence-corrected chi connectivity index (χ4v) is 5.88. The molecule has 186 valence electrons. The van der Waals surface area contributed by atoms with Crippen molar-refractivity contribution in [3.05, 3.63) is 59.2 Å². The maximum absolute atomic E-state index is 12.9. The van der Waals surface area contributed by atoms with Crippen LogP contribution in [0.1, 0.15) is 77.0 Å². The predicted octanol–water partition coefficient (Wildman–Crippen LogP) is 4.15. The van der Waals surface area contributed by atoms with Gasteiger partial charge in [-0.15, -0.1) is 0 Å². The molecule has 1 N–H and O–H groups in total. The Kier molecular flexibility index (Phi) is 7.37. The maximum Gasteiger partial charge on any atom is 0.261 e. The van der Waals surface area contributed by atoms with Crippen LogP contribution in [0, 0.1) is 5.92 Å². The van der Waals surface area contributed by atoms with Gasteiger partial charge >= 0.3 is 0 Å². The van der Waals surface area contributed by atoms with Gasteiger partial charge in [0.25, 0.3) is 17.7 Å². The number of nitrogens with one attached hydrogen (secondary N) is 1. The molecule has 0 radical (unpaired) electrons. The van der Waals surface area contributed by atoms with Crippen LogP contribution in [0.5, 0.6) is 0 Å². The lowest BCUT2D eigenvalue weighted by Gasteiger charge is -2.20. The molecule has 2 heterocycles. The molecular formula is C26H31N3O5S. The van der Waals surface area contributed by atoms with E-state index in [1.165, 1.54) is 39.5 Å². The molecule has 0 atom stereocenters. The SMILES string of the molecule is CC(C)CCN1C(=O)c2ccc(C(=O)Nc3ccc(S(=O)(=O)N4CCCCCC4)cc3)cc2C1=O.